The Kier molecular flexibility index (Phi) is 6.44. The summed E-state index contributed by atoms with van der Waals surface area (Å²) < 4.78 is 0. The van der Waals surface area contributed by atoms with Crippen LogP contribution < -0.4 is 5.73 Å². The molecule has 0 radical (unpaired) electrons. The fourth-order valence-electron chi connectivity index (χ4n) is 2.49. The van der Waals surface area contributed by atoms with Gasteiger partial charge in [-0.3, -0.25) is 9.69 Å². The number of carbonyl (C=O) groups excluding carboxylic acids is 1. The number of hydrogen-bond acceptors (Lipinski definition) is 3. The molecule has 0 bridgehead atoms. The molecule has 1 aliphatic rings. The van der Waals surface area contributed by atoms with Gasteiger partial charge in [0.05, 0.1) is 0 Å². The Labute approximate surface area is 127 Å². The normalized spacial score (nSPS) is 16.5. The van der Waals surface area contributed by atoms with E-state index in [1.807, 2.05) is 23.1 Å². The first-order valence-electron chi connectivity index (χ1n) is 7.71. The van der Waals surface area contributed by atoms with Crippen molar-refractivity contribution in [2.45, 2.75) is 12.8 Å². The minimum Gasteiger partial charge on any atom is -0.340 e. The fraction of sp³-hybridized carbons (Fsp3) is 0.471. The quantitative estimate of drug-likeness (QED) is 0.864. The van der Waals surface area contributed by atoms with Gasteiger partial charge in [0.1, 0.15) is 0 Å². The van der Waals surface area contributed by atoms with Gasteiger partial charge in [0, 0.05) is 39.1 Å². The lowest BCUT2D eigenvalue weighted by Crippen LogP contribution is -2.48. The molecule has 1 heterocycles. The highest BCUT2D eigenvalue weighted by molar-refractivity contribution is 5.76. The van der Waals surface area contributed by atoms with Gasteiger partial charge in [-0.05, 0) is 18.5 Å². The Bertz CT molecular complexity index is 450. The Morgan fingerprint density at radius 1 is 1.14 bits per heavy atom. The standard InChI is InChI=1S/C17H25N3O/c18-10-4-9-17(21)20-14-12-19(13-15-20)11-5-8-16-6-2-1-3-7-16/h1-3,5-8H,4,9-15,18H2/b8-5+. The molecule has 0 atom stereocenters. The van der Waals surface area contributed by atoms with Crippen molar-refractivity contribution in [2.24, 2.45) is 5.73 Å². The van der Waals surface area contributed by atoms with Crippen LogP contribution in [0.4, 0.5) is 0 Å². The Morgan fingerprint density at radius 3 is 2.52 bits per heavy atom. The molecular formula is C17H25N3O. The van der Waals surface area contributed by atoms with Gasteiger partial charge in [-0.25, -0.2) is 0 Å². The predicted octanol–water partition coefficient (Wildman–Crippen LogP) is 1.58. The summed E-state index contributed by atoms with van der Waals surface area (Å²) in [7, 11) is 0. The van der Waals surface area contributed by atoms with Crippen LogP contribution in [-0.2, 0) is 4.79 Å². The Hall–Kier alpha value is -1.65. The molecule has 2 N–H and O–H groups in total. The summed E-state index contributed by atoms with van der Waals surface area (Å²) in [4.78, 5) is 16.2. The summed E-state index contributed by atoms with van der Waals surface area (Å²) in [5.74, 6) is 0.250. The molecule has 1 amide bonds. The van der Waals surface area contributed by atoms with Crippen molar-refractivity contribution in [2.75, 3.05) is 39.3 Å². The van der Waals surface area contributed by atoms with Gasteiger partial charge in [0.15, 0.2) is 0 Å². The average molecular weight is 287 g/mol. The van der Waals surface area contributed by atoms with Crippen molar-refractivity contribution in [3.8, 4) is 0 Å². The molecule has 1 aromatic carbocycles. The first-order chi connectivity index (χ1) is 10.3. The molecule has 0 saturated carbocycles. The number of piperazine rings is 1. The highest BCUT2D eigenvalue weighted by Gasteiger charge is 2.19. The van der Waals surface area contributed by atoms with Gasteiger partial charge in [-0.1, -0.05) is 42.5 Å². The summed E-state index contributed by atoms with van der Waals surface area (Å²) in [5, 5.41) is 0. The first-order valence-corrected chi connectivity index (χ1v) is 7.71. The summed E-state index contributed by atoms with van der Waals surface area (Å²) in [6.07, 6.45) is 5.73. The zero-order valence-corrected chi connectivity index (χ0v) is 12.6. The van der Waals surface area contributed by atoms with Crippen molar-refractivity contribution in [1.82, 2.24) is 9.80 Å². The molecule has 0 aromatic heterocycles. The molecule has 114 valence electrons. The summed E-state index contributed by atoms with van der Waals surface area (Å²) in [6.45, 7) is 5.11. The number of benzene rings is 1. The maximum Gasteiger partial charge on any atom is 0.222 e. The lowest BCUT2D eigenvalue weighted by atomic mass is 10.2. The maximum atomic E-state index is 11.9. The van der Waals surface area contributed by atoms with Crippen molar-refractivity contribution >= 4 is 12.0 Å². The van der Waals surface area contributed by atoms with Crippen LogP contribution in [0.2, 0.25) is 0 Å². The van der Waals surface area contributed by atoms with E-state index in [2.05, 4.69) is 29.2 Å². The second kappa shape index (κ2) is 8.60. The minimum atomic E-state index is 0.250. The van der Waals surface area contributed by atoms with Gasteiger partial charge in [0.2, 0.25) is 5.91 Å². The largest absolute Gasteiger partial charge is 0.340 e. The average Bonchev–Trinajstić information content (AvgIpc) is 2.54. The second-order valence-corrected chi connectivity index (χ2v) is 5.39. The molecular weight excluding hydrogens is 262 g/mol. The topological polar surface area (TPSA) is 49.6 Å². The smallest absolute Gasteiger partial charge is 0.222 e. The van der Waals surface area contributed by atoms with Crippen molar-refractivity contribution < 1.29 is 4.79 Å². The van der Waals surface area contributed by atoms with E-state index in [-0.39, 0.29) is 5.91 Å². The SMILES string of the molecule is NCCCC(=O)N1CCN(C/C=C/c2ccccc2)CC1. The van der Waals surface area contributed by atoms with Crippen LogP contribution in [0.1, 0.15) is 18.4 Å². The van der Waals surface area contributed by atoms with Gasteiger partial charge >= 0.3 is 0 Å². The predicted molar refractivity (Wildman–Crippen MR) is 86.8 cm³/mol. The third kappa shape index (κ3) is 5.33. The van der Waals surface area contributed by atoms with E-state index < -0.39 is 0 Å². The van der Waals surface area contributed by atoms with Crippen LogP contribution in [0.25, 0.3) is 6.08 Å². The van der Waals surface area contributed by atoms with Gasteiger partial charge < -0.3 is 10.6 Å². The van der Waals surface area contributed by atoms with Gasteiger partial charge in [-0.2, -0.15) is 0 Å². The van der Waals surface area contributed by atoms with Crippen molar-refractivity contribution in [3.05, 3.63) is 42.0 Å². The summed E-state index contributed by atoms with van der Waals surface area (Å²) in [5.41, 5.74) is 6.67. The molecule has 4 heteroatoms. The van der Waals surface area contributed by atoms with E-state index in [0.29, 0.717) is 13.0 Å². The molecule has 21 heavy (non-hydrogen) atoms. The van der Waals surface area contributed by atoms with E-state index in [9.17, 15) is 4.79 Å². The third-order valence-electron chi connectivity index (χ3n) is 3.79. The monoisotopic (exact) mass is 287 g/mol. The van der Waals surface area contributed by atoms with Crippen LogP contribution in [0, 0.1) is 0 Å². The van der Waals surface area contributed by atoms with E-state index >= 15 is 0 Å². The zero-order valence-electron chi connectivity index (χ0n) is 12.6. The molecule has 1 saturated heterocycles. The maximum absolute atomic E-state index is 11.9. The highest BCUT2D eigenvalue weighted by Crippen LogP contribution is 2.06. The lowest BCUT2D eigenvalue weighted by Gasteiger charge is -2.34. The van der Waals surface area contributed by atoms with Crippen LogP contribution in [-0.4, -0.2) is 55.0 Å². The fourth-order valence-corrected chi connectivity index (χ4v) is 2.49. The van der Waals surface area contributed by atoms with Crippen LogP contribution in [0.15, 0.2) is 36.4 Å². The van der Waals surface area contributed by atoms with E-state index in [1.54, 1.807) is 0 Å². The summed E-state index contributed by atoms with van der Waals surface area (Å²) in [6, 6.07) is 10.3. The van der Waals surface area contributed by atoms with Crippen LogP contribution in [0.5, 0.6) is 0 Å². The molecule has 0 unspecified atom stereocenters. The molecule has 4 nitrogen and oxygen atoms in total. The second-order valence-electron chi connectivity index (χ2n) is 5.39. The number of nitrogens with zero attached hydrogens (tertiary/aromatic N) is 2. The van der Waals surface area contributed by atoms with Crippen LogP contribution in [0.3, 0.4) is 0 Å². The number of amides is 1. The van der Waals surface area contributed by atoms with E-state index in [0.717, 1.165) is 39.1 Å². The summed E-state index contributed by atoms with van der Waals surface area (Å²) >= 11 is 0. The Morgan fingerprint density at radius 2 is 1.86 bits per heavy atom. The lowest BCUT2D eigenvalue weighted by molar-refractivity contribution is -0.132. The molecule has 1 aromatic rings. The first kappa shape index (κ1) is 15.7. The third-order valence-corrected chi connectivity index (χ3v) is 3.79. The molecule has 2 rings (SSSR count). The number of hydrogen-bond donors (Lipinski definition) is 1. The zero-order chi connectivity index (χ0) is 14.9. The van der Waals surface area contributed by atoms with E-state index in [1.165, 1.54) is 5.56 Å². The Balaban J connectivity index is 1.69. The van der Waals surface area contributed by atoms with Crippen LogP contribution >= 0.6 is 0 Å². The van der Waals surface area contributed by atoms with Gasteiger partial charge in [0.25, 0.3) is 0 Å². The molecule has 1 aliphatic heterocycles. The number of nitrogens with two attached hydrogens (primary N) is 1. The van der Waals surface area contributed by atoms with Gasteiger partial charge in [-0.15, -0.1) is 0 Å². The van der Waals surface area contributed by atoms with E-state index in [4.69, 9.17) is 5.73 Å². The van der Waals surface area contributed by atoms with Crippen molar-refractivity contribution in [1.29, 1.82) is 0 Å². The molecule has 1 fully saturated rings. The molecule has 0 spiro atoms. The van der Waals surface area contributed by atoms with Crippen molar-refractivity contribution in [3.63, 3.8) is 0 Å². The minimum absolute atomic E-state index is 0.250. The number of carbonyl (C=O) groups is 1. The highest BCUT2D eigenvalue weighted by atomic mass is 16.2. The number of rotatable bonds is 6. The molecule has 0 aliphatic carbocycles.